The number of benzene rings is 1. The molecule has 1 amide bonds. The van der Waals surface area contributed by atoms with Gasteiger partial charge < -0.3 is 10.6 Å². The Morgan fingerprint density at radius 1 is 1.11 bits per heavy atom. The lowest BCUT2D eigenvalue weighted by atomic mass is 10.2. The number of hydrogen-bond acceptors (Lipinski definition) is 4. The third kappa shape index (κ3) is 7.75. The Morgan fingerprint density at radius 2 is 1.85 bits per heavy atom. The minimum Gasteiger partial charge on any atom is -0.352 e. The van der Waals surface area contributed by atoms with Crippen molar-refractivity contribution >= 4 is 29.2 Å². The first-order valence-electron chi connectivity index (χ1n) is 8.59. The summed E-state index contributed by atoms with van der Waals surface area (Å²) in [6, 6.07) is 10.4. The van der Waals surface area contributed by atoms with Crippen LogP contribution < -0.4 is 16.0 Å². The number of carbonyl (C=O) groups excluding carboxylic acids is 1. The van der Waals surface area contributed by atoms with Gasteiger partial charge in [0.2, 0.25) is 5.96 Å². The number of nitrogens with zero attached hydrogens (tertiary/aromatic N) is 3. The average Bonchev–Trinajstić information content (AvgIpc) is 2.68. The summed E-state index contributed by atoms with van der Waals surface area (Å²) in [7, 11) is 0. The van der Waals surface area contributed by atoms with Gasteiger partial charge in [-0.3, -0.25) is 20.1 Å². The number of aromatic nitrogens is 1. The zero-order valence-corrected chi connectivity index (χ0v) is 15.5. The van der Waals surface area contributed by atoms with E-state index < -0.39 is 0 Å². The molecule has 140 valence electrons. The van der Waals surface area contributed by atoms with Crippen molar-refractivity contribution in [2.75, 3.05) is 18.4 Å². The molecule has 2 rings (SSSR count). The zero-order chi connectivity index (χ0) is 19.3. The number of nitrogens with one attached hydrogen (secondary N) is 3. The predicted octanol–water partition coefficient (Wildman–Crippen LogP) is 3.17. The number of anilines is 1. The average molecular weight is 385 g/mol. The lowest BCUT2D eigenvalue weighted by Gasteiger charge is -2.08. The van der Waals surface area contributed by atoms with Crippen LogP contribution in [0.5, 0.6) is 0 Å². The molecule has 1 aromatic carbocycles. The van der Waals surface area contributed by atoms with E-state index in [1.807, 2.05) is 6.19 Å². The van der Waals surface area contributed by atoms with Crippen molar-refractivity contribution in [1.82, 2.24) is 15.6 Å². The van der Waals surface area contributed by atoms with Gasteiger partial charge in [0.1, 0.15) is 0 Å². The monoisotopic (exact) mass is 384 g/mol. The number of amides is 1. The molecule has 1 aromatic heterocycles. The van der Waals surface area contributed by atoms with Crippen LogP contribution in [-0.2, 0) is 0 Å². The lowest BCUT2D eigenvalue weighted by molar-refractivity contribution is 0.0953. The molecular weight excluding hydrogens is 364 g/mol. The number of carbonyl (C=O) groups is 1. The Morgan fingerprint density at radius 3 is 2.56 bits per heavy atom. The molecule has 0 aliphatic heterocycles. The van der Waals surface area contributed by atoms with E-state index in [1.165, 1.54) is 0 Å². The molecule has 0 fully saturated rings. The number of hydrogen-bond donors (Lipinski definition) is 3. The van der Waals surface area contributed by atoms with Crippen LogP contribution >= 0.6 is 11.6 Å². The van der Waals surface area contributed by atoms with E-state index >= 15 is 0 Å². The first-order chi connectivity index (χ1) is 13.2. The maximum atomic E-state index is 12.0. The minimum atomic E-state index is -0.105. The minimum absolute atomic E-state index is 0.105. The van der Waals surface area contributed by atoms with Gasteiger partial charge in [-0.15, -0.1) is 0 Å². The Balaban J connectivity index is 1.64. The summed E-state index contributed by atoms with van der Waals surface area (Å²) in [4.78, 5) is 20.2. The van der Waals surface area contributed by atoms with Crippen molar-refractivity contribution < 1.29 is 4.79 Å². The molecule has 0 radical (unpaired) electrons. The van der Waals surface area contributed by atoms with Crippen LogP contribution in [-0.4, -0.2) is 29.9 Å². The third-order valence-electron chi connectivity index (χ3n) is 3.61. The third-order valence-corrected chi connectivity index (χ3v) is 3.87. The fourth-order valence-electron chi connectivity index (χ4n) is 2.24. The molecule has 0 spiro atoms. The second-order valence-electron chi connectivity index (χ2n) is 5.65. The topological polar surface area (TPSA) is 102 Å². The highest BCUT2D eigenvalue weighted by molar-refractivity contribution is 6.30. The molecule has 0 saturated carbocycles. The standard InChI is InChI=1S/C19H21ClN6O/c20-16-6-4-15(5-7-16)18(27)23-10-2-1-3-11-24-19(25-14-21)26-17-8-12-22-13-9-17/h4-9,12-13H,1-3,10-11H2,(H,23,27)(H2,22,24,25,26). The molecule has 0 atom stereocenters. The highest BCUT2D eigenvalue weighted by Gasteiger charge is 2.04. The lowest BCUT2D eigenvalue weighted by Crippen LogP contribution is -2.27. The van der Waals surface area contributed by atoms with E-state index in [1.54, 1.807) is 48.8 Å². The molecule has 8 heteroatoms. The molecular formula is C19H21ClN6O. The normalized spacial score (nSPS) is 10.7. The molecule has 1 heterocycles. The SMILES string of the molecule is N#CNC(=NCCCCCNC(=O)c1ccc(Cl)cc1)Nc1ccncc1. The first-order valence-corrected chi connectivity index (χ1v) is 8.97. The number of aliphatic imine (C=N–C) groups is 1. The molecule has 0 aliphatic rings. The van der Waals surface area contributed by atoms with Crippen LogP contribution in [0.15, 0.2) is 53.8 Å². The van der Waals surface area contributed by atoms with Gasteiger partial charge >= 0.3 is 0 Å². The Bertz CT molecular complexity index is 786. The van der Waals surface area contributed by atoms with Crippen LogP contribution in [0.2, 0.25) is 5.02 Å². The molecule has 3 N–H and O–H groups in total. The van der Waals surface area contributed by atoms with E-state index in [0.29, 0.717) is 29.6 Å². The smallest absolute Gasteiger partial charge is 0.251 e. The largest absolute Gasteiger partial charge is 0.352 e. The van der Waals surface area contributed by atoms with E-state index in [4.69, 9.17) is 16.9 Å². The summed E-state index contributed by atoms with van der Waals surface area (Å²) in [6.07, 6.45) is 7.80. The predicted molar refractivity (Wildman–Crippen MR) is 107 cm³/mol. The number of pyridine rings is 1. The number of nitriles is 1. The quantitative estimate of drug-likeness (QED) is 0.213. The summed E-state index contributed by atoms with van der Waals surface area (Å²) in [5.41, 5.74) is 1.40. The van der Waals surface area contributed by atoms with E-state index in [2.05, 4.69) is 25.9 Å². The number of rotatable bonds is 8. The van der Waals surface area contributed by atoms with Gasteiger partial charge in [-0.2, -0.15) is 5.26 Å². The van der Waals surface area contributed by atoms with Gasteiger partial charge in [0.25, 0.3) is 5.91 Å². The van der Waals surface area contributed by atoms with E-state index in [0.717, 1.165) is 24.9 Å². The summed E-state index contributed by atoms with van der Waals surface area (Å²) in [6.45, 7) is 1.18. The second kappa shape index (κ2) is 11.5. The molecule has 2 aromatic rings. The Hall–Kier alpha value is -3.11. The second-order valence-corrected chi connectivity index (χ2v) is 6.09. The summed E-state index contributed by atoms with van der Waals surface area (Å²) < 4.78 is 0. The first kappa shape index (κ1) is 20.2. The fourth-order valence-corrected chi connectivity index (χ4v) is 2.37. The van der Waals surface area contributed by atoms with E-state index in [9.17, 15) is 4.79 Å². The van der Waals surface area contributed by atoms with Crippen molar-refractivity contribution in [3.8, 4) is 6.19 Å². The maximum absolute atomic E-state index is 12.0. The van der Waals surface area contributed by atoms with Crippen LogP contribution in [0.4, 0.5) is 5.69 Å². The van der Waals surface area contributed by atoms with Crippen molar-refractivity contribution in [1.29, 1.82) is 5.26 Å². The maximum Gasteiger partial charge on any atom is 0.251 e. The number of halogens is 1. The molecule has 0 unspecified atom stereocenters. The number of unbranched alkanes of at least 4 members (excludes halogenated alkanes) is 2. The van der Waals surface area contributed by atoms with Crippen molar-refractivity contribution in [2.45, 2.75) is 19.3 Å². The zero-order valence-electron chi connectivity index (χ0n) is 14.8. The number of guanidine groups is 1. The van der Waals surface area contributed by atoms with Crippen LogP contribution in [0.25, 0.3) is 0 Å². The highest BCUT2D eigenvalue weighted by Crippen LogP contribution is 2.09. The molecule has 0 saturated heterocycles. The van der Waals surface area contributed by atoms with Gasteiger partial charge in [0.15, 0.2) is 6.19 Å². The van der Waals surface area contributed by atoms with Crippen LogP contribution in [0, 0.1) is 11.5 Å². The Labute approximate surface area is 163 Å². The fraction of sp³-hybridized carbons (Fsp3) is 0.263. The van der Waals surface area contributed by atoms with E-state index in [-0.39, 0.29) is 5.91 Å². The van der Waals surface area contributed by atoms with Crippen LogP contribution in [0.3, 0.4) is 0 Å². The van der Waals surface area contributed by atoms with Gasteiger partial charge in [0.05, 0.1) is 0 Å². The summed E-state index contributed by atoms with van der Waals surface area (Å²) in [5.74, 6) is 0.298. The molecule has 0 aliphatic carbocycles. The van der Waals surface area contributed by atoms with Crippen molar-refractivity contribution in [2.24, 2.45) is 4.99 Å². The highest BCUT2D eigenvalue weighted by atomic mass is 35.5. The molecule has 7 nitrogen and oxygen atoms in total. The van der Waals surface area contributed by atoms with Gasteiger partial charge in [-0.25, -0.2) is 0 Å². The van der Waals surface area contributed by atoms with Crippen molar-refractivity contribution in [3.05, 3.63) is 59.4 Å². The summed E-state index contributed by atoms with van der Waals surface area (Å²) in [5, 5.41) is 17.9. The van der Waals surface area contributed by atoms with Gasteiger partial charge in [-0.05, 0) is 55.7 Å². The van der Waals surface area contributed by atoms with Gasteiger partial charge in [-0.1, -0.05) is 11.6 Å². The molecule has 27 heavy (non-hydrogen) atoms. The van der Waals surface area contributed by atoms with Gasteiger partial charge in [0, 0.05) is 41.8 Å². The van der Waals surface area contributed by atoms with Crippen LogP contribution in [0.1, 0.15) is 29.6 Å². The molecule has 0 bridgehead atoms. The summed E-state index contributed by atoms with van der Waals surface area (Å²) >= 11 is 5.81. The Kier molecular flexibility index (Phi) is 8.60. The van der Waals surface area contributed by atoms with Crippen molar-refractivity contribution in [3.63, 3.8) is 0 Å².